The highest BCUT2D eigenvalue weighted by Crippen LogP contribution is 2.26. The maximum absolute atomic E-state index is 9.81. The molecule has 2 fully saturated rings. The van der Waals surface area contributed by atoms with Crippen LogP contribution in [0.25, 0.3) is 0 Å². The highest BCUT2D eigenvalue weighted by atomic mass is 16.3. The molecule has 0 saturated carbocycles. The summed E-state index contributed by atoms with van der Waals surface area (Å²) in [6, 6.07) is 4.35. The summed E-state index contributed by atoms with van der Waals surface area (Å²) in [7, 11) is 0. The van der Waals surface area contributed by atoms with Gasteiger partial charge in [-0.2, -0.15) is 0 Å². The molecule has 3 heterocycles. The van der Waals surface area contributed by atoms with Crippen LogP contribution in [0.15, 0.2) is 18.3 Å². The van der Waals surface area contributed by atoms with E-state index in [1.165, 1.54) is 44.3 Å². The molecule has 1 aromatic rings. The molecule has 0 amide bonds. The Kier molecular flexibility index (Phi) is 6.64. The number of aryl methyl sites for hydroxylation is 1. The molecule has 0 radical (unpaired) electrons. The van der Waals surface area contributed by atoms with Gasteiger partial charge in [0.05, 0.1) is 5.69 Å². The van der Waals surface area contributed by atoms with E-state index in [1.54, 1.807) is 0 Å². The molecule has 2 atom stereocenters. The van der Waals surface area contributed by atoms with Crippen LogP contribution in [0.1, 0.15) is 43.9 Å². The fourth-order valence-electron chi connectivity index (χ4n) is 4.22. The van der Waals surface area contributed by atoms with Crippen molar-refractivity contribution in [3.63, 3.8) is 0 Å². The summed E-state index contributed by atoms with van der Waals surface area (Å²) in [6.07, 6.45) is 8.50. The summed E-state index contributed by atoms with van der Waals surface area (Å²) < 4.78 is 0. The third kappa shape index (κ3) is 4.78. The van der Waals surface area contributed by atoms with Crippen molar-refractivity contribution in [2.45, 2.75) is 45.6 Å². The first-order chi connectivity index (χ1) is 11.8. The van der Waals surface area contributed by atoms with Crippen LogP contribution in [-0.2, 0) is 13.0 Å². The number of aliphatic hydroxyl groups is 1. The molecule has 2 aliphatic heterocycles. The van der Waals surface area contributed by atoms with Crippen molar-refractivity contribution < 1.29 is 5.11 Å². The van der Waals surface area contributed by atoms with Gasteiger partial charge in [-0.25, -0.2) is 0 Å². The van der Waals surface area contributed by atoms with Crippen molar-refractivity contribution >= 4 is 0 Å². The molecule has 2 saturated heterocycles. The average molecular weight is 332 g/mol. The maximum atomic E-state index is 9.81. The Labute approximate surface area is 146 Å². The molecule has 1 aromatic heterocycles. The second-order valence-corrected chi connectivity index (χ2v) is 7.62. The van der Waals surface area contributed by atoms with Gasteiger partial charge < -0.3 is 10.0 Å². The monoisotopic (exact) mass is 331 g/mol. The lowest BCUT2D eigenvalue weighted by Crippen LogP contribution is -2.34. The van der Waals surface area contributed by atoms with Crippen molar-refractivity contribution in [2.75, 3.05) is 39.3 Å². The Balaban J connectivity index is 1.54. The zero-order chi connectivity index (χ0) is 16.8. The molecule has 0 aliphatic carbocycles. The summed E-state index contributed by atoms with van der Waals surface area (Å²) in [4.78, 5) is 9.72. The fourth-order valence-corrected chi connectivity index (χ4v) is 4.22. The number of nitrogens with zero attached hydrogens (tertiary/aromatic N) is 3. The molecule has 1 N–H and O–H groups in total. The highest BCUT2D eigenvalue weighted by Gasteiger charge is 2.33. The first-order valence-electron chi connectivity index (χ1n) is 9.78. The third-order valence-electron chi connectivity index (χ3n) is 5.76. The number of aliphatic hydroxyl groups excluding tert-OH is 1. The molecule has 134 valence electrons. The van der Waals surface area contributed by atoms with Gasteiger partial charge in [0.2, 0.25) is 0 Å². The molecule has 0 spiro atoms. The van der Waals surface area contributed by atoms with E-state index < -0.39 is 0 Å². The fraction of sp³-hybridized carbons (Fsp3) is 0.750. The molecule has 4 heteroatoms. The number of pyridine rings is 1. The van der Waals surface area contributed by atoms with Gasteiger partial charge in [0, 0.05) is 39.0 Å². The normalized spacial score (nSPS) is 26.6. The first kappa shape index (κ1) is 17.8. The molecule has 0 unspecified atom stereocenters. The standard InChI is InChI=1S/C20H33N3O/c1-2-17-7-8-20(21-11-17)15-23-13-18(19(14-23)16-24)12-22-9-5-3-4-6-10-22/h7-8,11,18-19,24H,2-6,9-10,12-16H2,1H3/t18-,19-/m1/s1. The minimum atomic E-state index is 0.317. The van der Waals surface area contributed by atoms with Crippen molar-refractivity contribution in [1.29, 1.82) is 0 Å². The lowest BCUT2D eigenvalue weighted by atomic mass is 9.96. The van der Waals surface area contributed by atoms with Crippen LogP contribution in [-0.4, -0.2) is 59.2 Å². The molecular weight excluding hydrogens is 298 g/mol. The van der Waals surface area contributed by atoms with E-state index in [2.05, 4.69) is 33.8 Å². The molecule has 4 nitrogen and oxygen atoms in total. The summed E-state index contributed by atoms with van der Waals surface area (Å²) in [5.74, 6) is 1.02. The quantitative estimate of drug-likeness (QED) is 0.870. The van der Waals surface area contributed by atoms with Crippen LogP contribution < -0.4 is 0 Å². The van der Waals surface area contributed by atoms with Crippen molar-refractivity contribution in [3.8, 4) is 0 Å². The summed E-state index contributed by atoms with van der Waals surface area (Å²) in [6.45, 7) is 9.14. The van der Waals surface area contributed by atoms with E-state index in [1.807, 2.05) is 6.20 Å². The van der Waals surface area contributed by atoms with Gasteiger partial charge in [-0.05, 0) is 55.8 Å². The predicted octanol–water partition coefficient (Wildman–Crippen LogP) is 2.56. The van der Waals surface area contributed by atoms with Crippen LogP contribution in [0.3, 0.4) is 0 Å². The van der Waals surface area contributed by atoms with Crippen LogP contribution in [0.5, 0.6) is 0 Å². The van der Waals surface area contributed by atoms with E-state index in [0.717, 1.165) is 38.3 Å². The summed E-state index contributed by atoms with van der Waals surface area (Å²) in [5.41, 5.74) is 2.45. The molecule has 0 aromatic carbocycles. The second-order valence-electron chi connectivity index (χ2n) is 7.62. The topological polar surface area (TPSA) is 39.6 Å². The summed E-state index contributed by atoms with van der Waals surface area (Å²) in [5, 5.41) is 9.81. The van der Waals surface area contributed by atoms with Crippen LogP contribution in [0.4, 0.5) is 0 Å². The van der Waals surface area contributed by atoms with Crippen LogP contribution in [0, 0.1) is 11.8 Å². The van der Waals surface area contributed by atoms with Gasteiger partial charge in [0.15, 0.2) is 0 Å². The van der Waals surface area contributed by atoms with Crippen molar-refractivity contribution in [3.05, 3.63) is 29.6 Å². The highest BCUT2D eigenvalue weighted by molar-refractivity contribution is 5.14. The first-order valence-corrected chi connectivity index (χ1v) is 9.78. The van der Waals surface area contributed by atoms with E-state index in [4.69, 9.17) is 0 Å². The third-order valence-corrected chi connectivity index (χ3v) is 5.76. The van der Waals surface area contributed by atoms with Gasteiger partial charge in [0.1, 0.15) is 0 Å². The number of aromatic nitrogens is 1. The number of hydrogen-bond acceptors (Lipinski definition) is 4. The number of likely N-dealkylation sites (tertiary alicyclic amines) is 2. The number of hydrogen-bond donors (Lipinski definition) is 1. The maximum Gasteiger partial charge on any atom is 0.0544 e. The molecule has 0 bridgehead atoms. The Morgan fingerprint density at radius 3 is 2.42 bits per heavy atom. The van der Waals surface area contributed by atoms with Crippen molar-refractivity contribution in [1.82, 2.24) is 14.8 Å². The average Bonchev–Trinajstić information content (AvgIpc) is 2.81. The zero-order valence-electron chi connectivity index (χ0n) is 15.2. The SMILES string of the molecule is CCc1ccc(CN2C[C@@H](CN3CCCCCC3)[C@@H](CO)C2)nc1. The second kappa shape index (κ2) is 8.93. The van der Waals surface area contributed by atoms with E-state index >= 15 is 0 Å². The Morgan fingerprint density at radius 1 is 1.04 bits per heavy atom. The van der Waals surface area contributed by atoms with E-state index in [9.17, 15) is 5.11 Å². The van der Waals surface area contributed by atoms with Crippen LogP contribution >= 0.6 is 0 Å². The lowest BCUT2D eigenvalue weighted by molar-refractivity contribution is 0.165. The van der Waals surface area contributed by atoms with Gasteiger partial charge in [0.25, 0.3) is 0 Å². The van der Waals surface area contributed by atoms with Gasteiger partial charge >= 0.3 is 0 Å². The van der Waals surface area contributed by atoms with Crippen molar-refractivity contribution in [2.24, 2.45) is 11.8 Å². The van der Waals surface area contributed by atoms with Crippen LogP contribution in [0.2, 0.25) is 0 Å². The van der Waals surface area contributed by atoms with E-state index in [-0.39, 0.29) is 0 Å². The summed E-state index contributed by atoms with van der Waals surface area (Å²) >= 11 is 0. The zero-order valence-corrected chi connectivity index (χ0v) is 15.2. The minimum absolute atomic E-state index is 0.317. The lowest BCUT2D eigenvalue weighted by Gasteiger charge is -2.26. The van der Waals surface area contributed by atoms with E-state index in [0.29, 0.717) is 18.4 Å². The number of rotatable bonds is 6. The Hall–Kier alpha value is -0.970. The minimum Gasteiger partial charge on any atom is -0.396 e. The van der Waals surface area contributed by atoms with Gasteiger partial charge in [-0.1, -0.05) is 25.8 Å². The molecule has 2 aliphatic rings. The van der Waals surface area contributed by atoms with Gasteiger partial charge in [-0.3, -0.25) is 9.88 Å². The smallest absolute Gasteiger partial charge is 0.0544 e. The Morgan fingerprint density at radius 2 is 1.79 bits per heavy atom. The van der Waals surface area contributed by atoms with Gasteiger partial charge in [-0.15, -0.1) is 0 Å². The Bertz CT molecular complexity index is 482. The largest absolute Gasteiger partial charge is 0.396 e. The predicted molar refractivity (Wildman–Crippen MR) is 97.9 cm³/mol. The molecular formula is C20H33N3O. The molecule has 3 rings (SSSR count). The molecule has 24 heavy (non-hydrogen) atoms.